The van der Waals surface area contributed by atoms with Gasteiger partial charge in [0.05, 0.1) is 0 Å². The number of aliphatic hydroxyl groups excluding tert-OH is 1. The number of unbranched alkanes of at least 4 members (excludes halogenated alkanes) is 24. The molecular weight excluding hydrogens is 564 g/mol. The molecule has 0 aliphatic heterocycles. The zero-order chi connectivity index (χ0) is 33.2. The quantitative estimate of drug-likeness (QED) is 0.0548. The first-order valence-electron chi connectivity index (χ1n) is 19.5. The Hall–Kier alpha value is -1.43. The SMILES string of the molecule is CCCCCCCCCCCCCCCC(=O)OCC(O)C(OC(=O)CCCCCCCCCCCCCCC)C(=O)CCC. The van der Waals surface area contributed by atoms with Crippen molar-refractivity contribution in [2.75, 3.05) is 6.61 Å². The highest BCUT2D eigenvalue weighted by molar-refractivity contribution is 5.86. The molecule has 266 valence electrons. The molecule has 1 N–H and O–H groups in total. The van der Waals surface area contributed by atoms with Crippen molar-refractivity contribution in [1.29, 1.82) is 0 Å². The van der Waals surface area contributed by atoms with Gasteiger partial charge in [-0.3, -0.25) is 14.4 Å². The second-order valence-corrected chi connectivity index (χ2v) is 13.4. The standard InChI is InChI=1S/C39H74O6/c1-4-7-9-11-13-15-17-19-21-23-25-27-29-32-37(42)44-34-36(41)39(35(40)31-6-3)45-38(43)33-30-28-26-24-22-20-18-16-14-12-10-8-5-2/h36,39,41H,4-34H2,1-3H3. The first-order valence-corrected chi connectivity index (χ1v) is 19.5. The van der Waals surface area contributed by atoms with Crippen molar-refractivity contribution < 1.29 is 29.0 Å². The lowest BCUT2D eigenvalue weighted by Gasteiger charge is -2.22. The van der Waals surface area contributed by atoms with Crippen LogP contribution in [0.3, 0.4) is 0 Å². The zero-order valence-corrected chi connectivity index (χ0v) is 30.1. The van der Waals surface area contributed by atoms with Crippen LogP contribution in [-0.4, -0.2) is 41.6 Å². The van der Waals surface area contributed by atoms with Gasteiger partial charge in [-0.2, -0.15) is 0 Å². The fourth-order valence-corrected chi connectivity index (χ4v) is 5.86. The van der Waals surface area contributed by atoms with Gasteiger partial charge in [0.2, 0.25) is 0 Å². The number of carbonyl (C=O) groups excluding carboxylic acids is 3. The third-order valence-electron chi connectivity index (χ3n) is 8.81. The number of Topliss-reactive ketones (excluding diaryl/α,β-unsaturated/α-hetero) is 1. The fourth-order valence-electron chi connectivity index (χ4n) is 5.86. The third-order valence-corrected chi connectivity index (χ3v) is 8.81. The van der Waals surface area contributed by atoms with Crippen LogP contribution in [0.15, 0.2) is 0 Å². The number of ether oxygens (including phenoxy) is 2. The maximum atomic E-state index is 12.6. The smallest absolute Gasteiger partial charge is 0.306 e. The summed E-state index contributed by atoms with van der Waals surface area (Å²) in [4.78, 5) is 37.3. The van der Waals surface area contributed by atoms with Gasteiger partial charge in [-0.05, 0) is 19.3 Å². The molecule has 2 atom stereocenters. The van der Waals surface area contributed by atoms with Gasteiger partial charge in [-0.1, -0.05) is 175 Å². The van der Waals surface area contributed by atoms with Crippen LogP contribution in [0.4, 0.5) is 0 Å². The molecule has 0 bridgehead atoms. The van der Waals surface area contributed by atoms with Gasteiger partial charge in [-0.25, -0.2) is 0 Å². The van der Waals surface area contributed by atoms with Crippen LogP contribution in [0.2, 0.25) is 0 Å². The molecular formula is C39H74O6. The largest absolute Gasteiger partial charge is 0.463 e. The summed E-state index contributed by atoms with van der Waals surface area (Å²) in [7, 11) is 0. The van der Waals surface area contributed by atoms with Crippen LogP contribution in [-0.2, 0) is 23.9 Å². The molecule has 0 spiro atoms. The molecule has 0 aliphatic carbocycles. The van der Waals surface area contributed by atoms with E-state index < -0.39 is 18.2 Å². The lowest BCUT2D eigenvalue weighted by atomic mass is 10.0. The minimum absolute atomic E-state index is 0.209. The summed E-state index contributed by atoms with van der Waals surface area (Å²) in [5.74, 6) is -1.17. The number of rotatable bonds is 35. The van der Waals surface area contributed by atoms with Crippen LogP contribution in [0, 0.1) is 0 Å². The van der Waals surface area contributed by atoms with Crippen molar-refractivity contribution in [3.8, 4) is 0 Å². The molecule has 6 nitrogen and oxygen atoms in total. The van der Waals surface area contributed by atoms with Gasteiger partial charge in [0.15, 0.2) is 11.9 Å². The van der Waals surface area contributed by atoms with Gasteiger partial charge in [0.25, 0.3) is 0 Å². The molecule has 6 heteroatoms. The molecule has 0 aromatic heterocycles. The van der Waals surface area contributed by atoms with Gasteiger partial charge >= 0.3 is 11.9 Å². The van der Waals surface area contributed by atoms with E-state index in [1.807, 2.05) is 6.92 Å². The summed E-state index contributed by atoms with van der Waals surface area (Å²) in [6, 6.07) is 0. The highest BCUT2D eigenvalue weighted by atomic mass is 16.6. The minimum Gasteiger partial charge on any atom is -0.463 e. The predicted octanol–water partition coefficient (Wildman–Crippen LogP) is 11.1. The second-order valence-electron chi connectivity index (χ2n) is 13.4. The number of esters is 2. The molecule has 0 fully saturated rings. The number of aliphatic hydroxyl groups is 1. The lowest BCUT2D eigenvalue weighted by molar-refractivity contribution is -0.167. The lowest BCUT2D eigenvalue weighted by Crippen LogP contribution is -2.41. The van der Waals surface area contributed by atoms with Crippen molar-refractivity contribution in [2.45, 2.75) is 226 Å². The molecule has 0 saturated heterocycles. The van der Waals surface area contributed by atoms with Crippen LogP contribution in [0.1, 0.15) is 213 Å². The molecule has 0 saturated carbocycles. The molecule has 0 aliphatic rings. The molecule has 0 amide bonds. The van der Waals surface area contributed by atoms with Gasteiger partial charge < -0.3 is 14.6 Å². The molecule has 0 heterocycles. The second kappa shape index (κ2) is 33.9. The van der Waals surface area contributed by atoms with Crippen LogP contribution in [0.25, 0.3) is 0 Å². The van der Waals surface area contributed by atoms with Crippen LogP contribution >= 0.6 is 0 Å². The van der Waals surface area contributed by atoms with E-state index >= 15 is 0 Å². The topological polar surface area (TPSA) is 89.9 Å². The third kappa shape index (κ3) is 29.7. The monoisotopic (exact) mass is 639 g/mol. The molecule has 2 unspecified atom stereocenters. The molecule has 0 rings (SSSR count). The van der Waals surface area contributed by atoms with E-state index in [4.69, 9.17) is 9.47 Å². The molecule has 0 aromatic carbocycles. The normalized spacial score (nSPS) is 12.6. The summed E-state index contributed by atoms with van der Waals surface area (Å²) >= 11 is 0. The highest BCUT2D eigenvalue weighted by Crippen LogP contribution is 2.16. The first kappa shape index (κ1) is 43.6. The van der Waals surface area contributed by atoms with Crippen molar-refractivity contribution in [1.82, 2.24) is 0 Å². The summed E-state index contributed by atoms with van der Waals surface area (Å²) in [6.45, 7) is 6.04. The summed E-state index contributed by atoms with van der Waals surface area (Å²) in [5, 5.41) is 10.6. The van der Waals surface area contributed by atoms with E-state index in [0.717, 1.165) is 38.5 Å². The Morgan fingerprint density at radius 1 is 0.444 bits per heavy atom. The van der Waals surface area contributed by atoms with E-state index in [9.17, 15) is 19.5 Å². The number of hydrogen-bond acceptors (Lipinski definition) is 6. The number of ketones is 1. The Morgan fingerprint density at radius 3 is 1.13 bits per heavy atom. The Morgan fingerprint density at radius 2 is 0.778 bits per heavy atom. The van der Waals surface area contributed by atoms with E-state index in [0.29, 0.717) is 12.8 Å². The summed E-state index contributed by atoms with van der Waals surface area (Å²) in [6.07, 6.45) is 30.8. The molecule has 0 radical (unpaired) electrons. The van der Waals surface area contributed by atoms with Crippen molar-refractivity contribution >= 4 is 17.7 Å². The zero-order valence-electron chi connectivity index (χ0n) is 30.1. The minimum atomic E-state index is -1.34. The Bertz CT molecular complexity index is 678. The summed E-state index contributed by atoms with van der Waals surface area (Å²) in [5.41, 5.74) is 0. The summed E-state index contributed by atoms with van der Waals surface area (Å²) < 4.78 is 10.7. The number of carbonyl (C=O) groups is 3. The average molecular weight is 639 g/mol. The van der Waals surface area contributed by atoms with Gasteiger partial charge in [0.1, 0.15) is 12.7 Å². The van der Waals surface area contributed by atoms with Crippen molar-refractivity contribution in [3.05, 3.63) is 0 Å². The van der Waals surface area contributed by atoms with E-state index in [1.54, 1.807) is 0 Å². The molecule has 0 aromatic rings. The predicted molar refractivity (Wildman–Crippen MR) is 187 cm³/mol. The van der Waals surface area contributed by atoms with Crippen molar-refractivity contribution in [3.63, 3.8) is 0 Å². The average Bonchev–Trinajstić information content (AvgIpc) is 3.03. The van der Waals surface area contributed by atoms with Crippen LogP contribution < -0.4 is 0 Å². The maximum absolute atomic E-state index is 12.6. The maximum Gasteiger partial charge on any atom is 0.306 e. The Balaban J connectivity index is 3.99. The van der Waals surface area contributed by atoms with E-state index in [-0.39, 0.29) is 31.2 Å². The Kier molecular flexibility index (Phi) is 32.8. The molecule has 45 heavy (non-hydrogen) atoms. The first-order chi connectivity index (χ1) is 22.0. The highest BCUT2D eigenvalue weighted by Gasteiger charge is 2.30. The van der Waals surface area contributed by atoms with E-state index in [2.05, 4.69) is 13.8 Å². The van der Waals surface area contributed by atoms with Crippen LogP contribution in [0.5, 0.6) is 0 Å². The van der Waals surface area contributed by atoms with Gasteiger partial charge in [0, 0.05) is 19.3 Å². The van der Waals surface area contributed by atoms with Gasteiger partial charge in [-0.15, -0.1) is 0 Å². The Labute approximate surface area is 278 Å². The van der Waals surface area contributed by atoms with Crippen molar-refractivity contribution in [2.24, 2.45) is 0 Å². The fraction of sp³-hybridized carbons (Fsp3) is 0.923. The number of hydrogen-bond donors (Lipinski definition) is 1. The van der Waals surface area contributed by atoms with E-state index in [1.165, 1.54) is 128 Å².